The SMILES string of the molecule is Cc1cccc2c(CCN3CCNCC3)noc12. The molecule has 1 N–H and O–H groups in total. The monoisotopic (exact) mass is 245 g/mol. The van der Waals surface area contributed by atoms with Gasteiger partial charge in [-0.25, -0.2) is 0 Å². The van der Waals surface area contributed by atoms with Gasteiger partial charge in [0.25, 0.3) is 0 Å². The van der Waals surface area contributed by atoms with Gasteiger partial charge in [0.2, 0.25) is 0 Å². The molecule has 0 radical (unpaired) electrons. The van der Waals surface area contributed by atoms with Crippen LogP contribution in [0.4, 0.5) is 0 Å². The Bertz CT molecular complexity index is 529. The third kappa shape index (κ3) is 2.26. The summed E-state index contributed by atoms with van der Waals surface area (Å²) in [4.78, 5) is 2.48. The first-order chi connectivity index (χ1) is 8.84. The van der Waals surface area contributed by atoms with Gasteiger partial charge in [-0.1, -0.05) is 17.3 Å². The number of aryl methyl sites for hydroxylation is 1. The first kappa shape index (κ1) is 11.7. The van der Waals surface area contributed by atoms with Crippen LogP contribution >= 0.6 is 0 Å². The minimum atomic E-state index is 0.938. The van der Waals surface area contributed by atoms with E-state index in [2.05, 4.69) is 40.5 Å². The molecule has 0 atom stereocenters. The number of aromatic nitrogens is 1. The average Bonchev–Trinajstić information content (AvgIpc) is 2.82. The minimum absolute atomic E-state index is 0.938. The molecule has 1 saturated heterocycles. The lowest BCUT2D eigenvalue weighted by molar-refractivity contribution is 0.242. The summed E-state index contributed by atoms with van der Waals surface area (Å²) < 4.78 is 5.44. The lowest BCUT2D eigenvalue weighted by Gasteiger charge is -2.26. The number of nitrogens with one attached hydrogen (secondary N) is 1. The Morgan fingerprint density at radius 1 is 1.33 bits per heavy atom. The van der Waals surface area contributed by atoms with Gasteiger partial charge in [0.1, 0.15) is 0 Å². The second-order valence-electron chi connectivity index (χ2n) is 4.92. The summed E-state index contributed by atoms with van der Waals surface area (Å²) in [5, 5.41) is 8.76. The highest BCUT2D eigenvalue weighted by Crippen LogP contribution is 2.22. The third-order valence-corrected chi connectivity index (χ3v) is 3.64. The molecule has 1 fully saturated rings. The van der Waals surface area contributed by atoms with Gasteiger partial charge in [-0.3, -0.25) is 0 Å². The van der Waals surface area contributed by atoms with Crippen molar-refractivity contribution in [3.8, 4) is 0 Å². The van der Waals surface area contributed by atoms with Gasteiger partial charge in [0, 0.05) is 44.5 Å². The van der Waals surface area contributed by atoms with Gasteiger partial charge in [-0.15, -0.1) is 0 Å². The van der Waals surface area contributed by atoms with Gasteiger partial charge < -0.3 is 14.7 Å². The Balaban J connectivity index is 1.72. The maximum absolute atomic E-state index is 5.44. The average molecular weight is 245 g/mol. The van der Waals surface area contributed by atoms with Crippen LogP contribution < -0.4 is 5.32 Å². The standard InChI is InChI=1S/C14H19N3O/c1-11-3-2-4-12-13(16-18-14(11)12)5-8-17-9-6-15-7-10-17/h2-4,15H,5-10H2,1H3. The number of para-hydroxylation sites is 1. The predicted molar refractivity (Wildman–Crippen MR) is 71.8 cm³/mol. The molecule has 0 spiro atoms. The van der Waals surface area contributed by atoms with Crippen molar-refractivity contribution in [3.63, 3.8) is 0 Å². The number of hydrogen-bond acceptors (Lipinski definition) is 4. The summed E-state index contributed by atoms with van der Waals surface area (Å²) in [6.07, 6.45) is 0.969. The number of nitrogens with zero attached hydrogens (tertiary/aromatic N) is 2. The van der Waals surface area contributed by atoms with Gasteiger partial charge in [0.15, 0.2) is 5.58 Å². The van der Waals surface area contributed by atoms with Crippen LogP contribution in [0.3, 0.4) is 0 Å². The second-order valence-corrected chi connectivity index (χ2v) is 4.92. The molecule has 18 heavy (non-hydrogen) atoms. The van der Waals surface area contributed by atoms with Crippen molar-refractivity contribution in [2.75, 3.05) is 32.7 Å². The molecule has 2 aromatic rings. The zero-order valence-corrected chi connectivity index (χ0v) is 10.8. The molecule has 0 saturated carbocycles. The molecule has 1 aromatic carbocycles. The molecular weight excluding hydrogens is 226 g/mol. The van der Waals surface area contributed by atoms with Crippen molar-refractivity contribution in [2.45, 2.75) is 13.3 Å². The number of benzene rings is 1. The maximum Gasteiger partial charge on any atom is 0.170 e. The van der Waals surface area contributed by atoms with Crippen LogP contribution in [0.2, 0.25) is 0 Å². The molecule has 1 aliphatic rings. The van der Waals surface area contributed by atoms with E-state index in [1.807, 2.05) is 0 Å². The smallest absolute Gasteiger partial charge is 0.170 e. The van der Waals surface area contributed by atoms with E-state index in [1.165, 1.54) is 5.39 Å². The van der Waals surface area contributed by atoms with E-state index in [-0.39, 0.29) is 0 Å². The molecule has 0 unspecified atom stereocenters. The van der Waals surface area contributed by atoms with Crippen LogP contribution in [0.1, 0.15) is 11.3 Å². The summed E-state index contributed by atoms with van der Waals surface area (Å²) in [7, 11) is 0. The lowest BCUT2D eigenvalue weighted by atomic mass is 10.1. The van der Waals surface area contributed by atoms with E-state index in [0.29, 0.717) is 0 Å². The zero-order chi connectivity index (χ0) is 12.4. The normalized spacial score (nSPS) is 17.4. The summed E-state index contributed by atoms with van der Waals surface area (Å²) in [6, 6.07) is 6.24. The Labute approximate surface area is 107 Å². The number of hydrogen-bond donors (Lipinski definition) is 1. The molecule has 0 aliphatic carbocycles. The Morgan fingerprint density at radius 3 is 3.00 bits per heavy atom. The molecule has 4 nitrogen and oxygen atoms in total. The van der Waals surface area contributed by atoms with E-state index in [0.717, 1.165) is 56.0 Å². The van der Waals surface area contributed by atoms with Crippen LogP contribution in [-0.4, -0.2) is 42.8 Å². The van der Waals surface area contributed by atoms with Crippen molar-refractivity contribution in [3.05, 3.63) is 29.5 Å². The fourth-order valence-electron chi connectivity index (χ4n) is 2.53. The fourth-order valence-corrected chi connectivity index (χ4v) is 2.53. The molecule has 0 bridgehead atoms. The predicted octanol–water partition coefficient (Wildman–Crippen LogP) is 1.58. The number of fused-ring (bicyclic) bond motifs is 1. The van der Waals surface area contributed by atoms with Gasteiger partial charge in [-0.2, -0.15) is 0 Å². The fraction of sp³-hybridized carbons (Fsp3) is 0.500. The molecule has 4 heteroatoms. The minimum Gasteiger partial charge on any atom is -0.356 e. The summed E-state index contributed by atoms with van der Waals surface area (Å²) >= 11 is 0. The number of piperazine rings is 1. The van der Waals surface area contributed by atoms with E-state index in [9.17, 15) is 0 Å². The van der Waals surface area contributed by atoms with Crippen molar-refractivity contribution < 1.29 is 4.52 Å². The highest BCUT2D eigenvalue weighted by molar-refractivity contribution is 5.82. The molecule has 0 amide bonds. The van der Waals surface area contributed by atoms with Crippen molar-refractivity contribution in [1.29, 1.82) is 0 Å². The Morgan fingerprint density at radius 2 is 2.17 bits per heavy atom. The third-order valence-electron chi connectivity index (χ3n) is 3.64. The van der Waals surface area contributed by atoms with E-state index < -0.39 is 0 Å². The first-order valence-corrected chi connectivity index (χ1v) is 6.61. The van der Waals surface area contributed by atoms with Crippen LogP contribution in [0, 0.1) is 6.92 Å². The summed E-state index contributed by atoms with van der Waals surface area (Å²) in [5.74, 6) is 0. The van der Waals surface area contributed by atoms with Crippen LogP contribution in [-0.2, 0) is 6.42 Å². The molecule has 3 rings (SSSR count). The van der Waals surface area contributed by atoms with Crippen molar-refractivity contribution >= 4 is 11.0 Å². The molecule has 2 heterocycles. The van der Waals surface area contributed by atoms with Gasteiger partial charge in [-0.05, 0) is 18.6 Å². The van der Waals surface area contributed by atoms with Crippen LogP contribution in [0.25, 0.3) is 11.0 Å². The van der Waals surface area contributed by atoms with Gasteiger partial charge >= 0.3 is 0 Å². The molecule has 96 valence electrons. The molecular formula is C14H19N3O. The van der Waals surface area contributed by atoms with Crippen molar-refractivity contribution in [2.24, 2.45) is 0 Å². The summed E-state index contributed by atoms with van der Waals surface area (Å²) in [5.41, 5.74) is 3.19. The quantitative estimate of drug-likeness (QED) is 0.891. The van der Waals surface area contributed by atoms with Crippen LogP contribution in [0.5, 0.6) is 0 Å². The largest absolute Gasteiger partial charge is 0.356 e. The number of rotatable bonds is 3. The molecule has 1 aromatic heterocycles. The maximum atomic E-state index is 5.44. The van der Waals surface area contributed by atoms with Crippen LogP contribution in [0.15, 0.2) is 22.7 Å². The summed E-state index contributed by atoms with van der Waals surface area (Å²) in [6.45, 7) is 7.59. The lowest BCUT2D eigenvalue weighted by Crippen LogP contribution is -2.44. The van der Waals surface area contributed by atoms with E-state index in [4.69, 9.17) is 4.52 Å². The van der Waals surface area contributed by atoms with E-state index in [1.54, 1.807) is 0 Å². The second kappa shape index (κ2) is 5.08. The van der Waals surface area contributed by atoms with Gasteiger partial charge in [0.05, 0.1) is 5.69 Å². The Hall–Kier alpha value is -1.39. The topological polar surface area (TPSA) is 41.3 Å². The highest BCUT2D eigenvalue weighted by Gasteiger charge is 2.13. The highest BCUT2D eigenvalue weighted by atomic mass is 16.5. The zero-order valence-electron chi connectivity index (χ0n) is 10.8. The van der Waals surface area contributed by atoms with Crippen molar-refractivity contribution in [1.82, 2.24) is 15.4 Å². The van der Waals surface area contributed by atoms with E-state index >= 15 is 0 Å². The molecule has 1 aliphatic heterocycles. The first-order valence-electron chi connectivity index (χ1n) is 6.61. The Kier molecular flexibility index (Phi) is 3.30.